The van der Waals surface area contributed by atoms with Crippen molar-refractivity contribution >= 4 is 17.6 Å². The molecule has 0 amide bonds. The second kappa shape index (κ2) is 5.98. The molecule has 0 fully saturated rings. The van der Waals surface area contributed by atoms with Crippen molar-refractivity contribution in [1.29, 1.82) is 0 Å². The Bertz CT molecular complexity index is 393. The van der Waals surface area contributed by atoms with Gasteiger partial charge in [-0.2, -0.15) is 0 Å². The first-order valence-corrected chi connectivity index (χ1v) is 5.66. The molecule has 0 bridgehead atoms. The van der Waals surface area contributed by atoms with E-state index in [-0.39, 0.29) is 10.8 Å². The summed E-state index contributed by atoms with van der Waals surface area (Å²) in [6.45, 7) is 4.17. The molecule has 0 spiro atoms. The lowest BCUT2D eigenvalue weighted by atomic mass is 10.1. The lowest BCUT2D eigenvalue weighted by Crippen LogP contribution is -2.25. The number of ether oxygens (including phenoxy) is 2. The predicted octanol–water partition coefficient (Wildman–Crippen LogP) is 2.71. The molecule has 0 atom stereocenters. The Morgan fingerprint density at radius 1 is 1.53 bits per heavy atom. The number of pyridine rings is 1. The number of carbonyl (C=O) groups is 1. The van der Waals surface area contributed by atoms with Crippen LogP contribution >= 0.6 is 11.6 Å². The molecule has 17 heavy (non-hydrogen) atoms. The molecule has 0 aliphatic carbocycles. The minimum absolute atomic E-state index is 0.275. The molecule has 0 aromatic carbocycles. The smallest absolute Gasteiger partial charge is 0.338 e. The highest BCUT2D eigenvalue weighted by molar-refractivity contribution is 6.29. The van der Waals surface area contributed by atoms with Crippen LogP contribution in [0.15, 0.2) is 18.3 Å². The van der Waals surface area contributed by atoms with Gasteiger partial charge in [0, 0.05) is 19.7 Å². The Morgan fingerprint density at radius 2 is 2.24 bits per heavy atom. The van der Waals surface area contributed by atoms with E-state index in [1.165, 1.54) is 12.3 Å². The van der Waals surface area contributed by atoms with Crippen molar-refractivity contribution in [1.82, 2.24) is 4.98 Å². The first-order valence-electron chi connectivity index (χ1n) is 5.28. The van der Waals surface area contributed by atoms with E-state index in [0.29, 0.717) is 18.6 Å². The second-order valence-corrected chi connectivity index (χ2v) is 4.60. The fraction of sp³-hybridized carbons (Fsp3) is 0.500. The summed E-state index contributed by atoms with van der Waals surface area (Å²) in [4.78, 5) is 15.4. The van der Waals surface area contributed by atoms with Gasteiger partial charge in [0.25, 0.3) is 0 Å². The van der Waals surface area contributed by atoms with Crippen molar-refractivity contribution in [3.63, 3.8) is 0 Å². The van der Waals surface area contributed by atoms with Gasteiger partial charge in [-0.05, 0) is 26.0 Å². The number of methoxy groups -OCH3 is 1. The molecule has 0 radical (unpaired) electrons. The third-order valence-electron chi connectivity index (χ3n) is 2.45. The van der Waals surface area contributed by atoms with Gasteiger partial charge in [-0.25, -0.2) is 9.78 Å². The van der Waals surface area contributed by atoms with Gasteiger partial charge in [-0.1, -0.05) is 11.6 Å². The molecule has 4 nitrogen and oxygen atoms in total. The van der Waals surface area contributed by atoms with Crippen LogP contribution in [-0.4, -0.2) is 30.3 Å². The molecule has 0 aliphatic heterocycles. The molecule has 0 N–H and O–H groups in total. The number of halogens is 1. The maximum absolute atomic E-state index is 11.6. The van der Waals surface area contributed by atoms with Crippen molar-refractivity contribution < 1.29 is 14.3 Å². The number of esters is 1. The molecule has 0 saturated carbocycles. The van der Waals surface area contributed by atoms with Crippen LogP contribution in [0.5, 0.6) is 0 Å². The first kappa shape index (κ1) is 13.9. The summed E-state index contributed by atoms with van der Waals surface area (Å²) in [6.07, 6.45) is 2.10. The molecule has 0 aliphatic rings. The highest BCUT2D eigenvalue weighted by atomic mass is 35.5. The lowest BCUT2D eigenvalue weighted by molar-refractivity contribution is -0.00563. The lowest BCUT2D eigenvalue weighted by Gasteiger charge is -2.22. The molecule has 1 heterocycles. The van der Waals surface area contributed by atoms with Gasteiger partial charge in [0.1, 0.15) is 5.15 Å². The fourth-order valence-corrected chi connectivity index (χ4v) is 1.28. The van der Waals surface area contributed by atoms with Crippen molar-refractivity contribution in [3.05, 3.63) is 29.0 Å². The maximum Gasteiger partial charge on any atom is 0.338 e. The standard InChI is InChI=1S/C12H16ClNO3/c1-12(2,16-3)5-7-17-11(15)9-4-6-14-10(13)8-9/h4,6,8H,5,7H2,1-3H3. The maximum atomic E-state index is 11.6. The van der Waals surface area contributed by atoms with E-state index in [2.05, 4.69) is 4.98 Å². The molecular weight excluding hydrogens is 242 g/mol. The molecule has 1 rings (SSSR count). The zero-order valence-corrected chi connectivity index (χ0v) is 11.0. The van der Waals surface area contributed by atoms with E-state index in [9.17, 15) is 4.79 Å². The van der Waals surface area contributed by atoms with Crippen LogP contribution in [0.25, 0.3) is 0 Å². The van der Waals surface area contributed by atoms with Gasteiger partial charge in [0.2, 0.25) is 0 Å². The van der Waals surface area contributed by atoms with Crippen molar-refractivity contribution in [2.24, 2.45) is 0 Å². The molecular formula is C12H16ClNO3. The Morgan fingerprint density at radius 3 is 2.82 bits per heavy atom. The summed E-state index contributed by atoms with van der Waals surface area (Å²) in [5.74, 6) is -0.402. The average Bonchev–Trinajstić information content (AvgIpc) is 2.28. The van der Waals surface area contributed by atoms with Crippen LogP contribution in [0.2, 0.25) is 5.15 Å². The van der Waals surface area contributed by atoms with Crippen molar-refractivity contribution in [2.75, 3.05) is 13.7 Å². The number of hydrogen-bond donors (Lipinski definition) is 0. The average molecular weight is 258 g/mol. The molecule has 5 heteroatoms. The summed E-state index contributed by atoms with van der Waals surface area (Å²) >= 11 is 5.68. The third kappa shape index (κ3) is 4.71. The molecule has 0 unspecified atom stereocenters. The number of nitrogens with zero attached hydrogens (tertiary/aromatic N) is 1. The zero-order chi connectivity index (χ0) is 12.9. The normalized spacial score (nSPS) is 11.3. The first-order chi connectivity index (χ1) is 7.94. The molecule has 94 valence electrons. The van der Waals surface area contributed by atoms with E-state index >= 15 is 0 Å². The van der Waals surface area contributed by atoms with E-state index in [0.717, 1.165) is 0 Å². The monoisotopic (exact) mass is 257 g/mol. The van der Waals surface area contributed by atoms with Crippen LogP contribution in [0.4, 0.5) is 0 Å². The Labute approximate surface area is 106 Å². The van der Waals surface area contributed by atoms with Gasteiger partial charge in [0.15, 0.2) is 0 Å². The summed E-state index contributed by atoms with van der Waals surface area (Å²) < 4.78 is 10.3. The summed E-state index contributed by atoms with van der Waals surface area (Å²) in [7, 11) is 1.63. The number of hydrogen-bond acceptors (Lipinski definition) is 4. The largest absolute Gasteiger partial charge is 0.462 e. The Kier molecular flexibility index (Phi) is 4.90. The Hall–Kier alpha value is -1.13. The van der Waals surface area contributed by atoms with Crippen LogP contribution in [-0.2, 0) is 9.47 Å². The van der Waals surface area contributed by atoms with Crippen LogP contribution in [0.3, 0.4) is 0 Å². The second-order valence-electron chi connectivity index (χ2n) is 4.22. The van der Waals surface area contributed by atoms with Crippen molar-refractivity contribution in [2.45, 2.75) is 25.9 Å². The van der Waals surface area contributed by atoms with Gasteiger partial charge >= 0.3 is 5.97 Å². The molecule has 1 aromatic heterocycles. The summed E-state index contributed by atoms with van der Waals surface area (Å²) in [5.41, 5.74) is 0.108. The minimum Gasteiger partial charge on any atom is -0.462 e. The number of aromatic nitrogens is 1. The van der Waals surface area contributed by atoms with E-state index in [4.69, 9.17) is 21.1 Å². The van der Waals surface area contributed by atoms with Crippen molar-refractivity contribution in [3.8, 4) is 0 Å². The summed E-state index contributed by atoms with van der Waals surface area (Å²) in [6, 6.07) is 3.04. The topological polar surface area (TPSA) is 48.4 Å². The van der Waals surface area contributed by atoms with E-state index in [1.807, 2.05) is 13.8 Å². The SMILES string of the molecule is COC(C)(C)CCOC(=O)c1ccnc(Cl)c1. The molecule has 1 aromatic rings. The van der Waals surface area contributed by atoms with E-state index < -0.39 is 5.97 Å². The Balaban J connectivity index is 2.46. The van der Waals surface area contributed by atoms with Gasteiger partial charge in [-0.15, -0.1) is 0 Å². The highest BCUT2D eigenvalue weighted by Gasteiger charge is 2.17. The van der Waals surface area contributed by atoms with Gasteiger partial charge in [-0.3, -0.25) is 0 Å². The van der Waals surface area contributed by atoms with E-state index in [1.54, 1.807) is 13.2 Å². The molecule has 0 saturated heterocycles. The summed E-state index contributed by atoms with van der Waals surface area (Å²) in [5, 5.41) is 0.275. The number of carbonyl (C=O) groups excluding carboxylic acids is 1. The predicted molar refractivity (Wildman–Crippen MR) is 65.2 cm³/mol. The van der Waals surface area contributed by atoms with Crippen LogP contribution < -0.4 is 0 Å². The fourth-order valence-electron chi connectivity index (χ4n) is 1.10. The minimum atomic E-state index is -0.402. The zero-order valence-electron chi connectivity index (χ0n) is 10.2. The van der Waals surface area contributed by atoms with Gasteiger partial charge < -0.3 is 9.47 Å². The van der Waals surface area contributed by atoms with Gasteiger partial charge in [0.05, 0.1) is 17.8 Å². The quantitative estimate of drug-likeness (QED) is 0.601. The van der Waals surface area contributed by atoms with Crippen LogP contribution in [0, 0.1) is 0 Å². The third-order valence-corrected chi connectivity index (χ3v) is 2.66. The highest BCUT2D eigenvalue weighted by Crippen LogP contribution is 2.14. The number of rotatable bonds is 5. The van der Waals surface area contributed by atoms with Crippen LogP contribution in [0.1, 0.15) is 30.6 Å².